The second-order valence-corrected chi connectivity index (χ2v) is 2.61. The van der Waals surface area contributed by atoms with Gasteiger partial charge in [0.2, 0.25) is 5.82 Å². The van der Waals surface area contributed by atoms with E-state index >= 15 is 0 Å². The van der Waals surface area contributed by atoms with Crippen molar-refractivity contribution in [3.05, 3.63) is 15.1 Å². The fourth-order valence-corrected chi connectivity index (χ4v) is 0.835. The smallest absolute Gasteiger partial charge is 0.412 e. The molecule has 1 amide bonds. The largest absolute Gasteiger partial charge is 0.450 e. The summed E-state index contributed by atoms with van der Waals surface area (Å²) in [5.41, 5.74) is -0.582. The maximum absolute atomic E-state index is 11.1. The van der Waals surface area contributed by atoms with Crippen molar-refractivity contribution in [1.82, 2.24) is 15.2 Å². The molecule has 1 aromatic rings. The second kappa shape index (κ2) is 4.51. The lowest BCUT2D eigenvalue weighted by molar-refractivity contribution is 0.167. The molecule has 0 spiro atoms. The first-order valence-electron chi connectivity index (χ1n) is 3.76. The van der Waals surface area contributed by atoms with Crippen LogP contribution in [0.1, 0.15) is 6.92 Å². The molecule has 0 saturated carbocycles. The Kier molecular flexibility index (Phi) is 3.35. The monoisotopic (exact) mass is 216 g/mol. The Balaban J connectivity index is 2.82. The van der Waals surface area contributed by atoms with Gasteiger partial charge in [-0.15, -0.1) is 5.10 Å². The lowest BCUT2D eigenvalue weighted by atomic mass is 10.7. The minimum atomic E-state index is -0.740. The Morgan fingerprint density at radius 1 is 1.71 bits per heavy atom. The van der Waals surface area contributed by atoms with Crippen molar-refractivity contribution in [2.75, 3.05) is 11.9 Å². The number of rotatable bonds is 2. The fraction of sp³-hybridized carbons (Fsp3) is 0.333. The van der Waals surface area contributed by atoms with Crippen LogP contribution in [-0.4, -0.2) is 27.9 Å². The summed E-state index contributed by atoms with van der Waals surface area (Å²) < 4.78 is 4.64. The first kappa shape index (κ1) is 10.4. The van der Waals surface area contributed by atoms with Gasteiger partial charge in [0, 0.05) is 0 Å². The predicted molar refractivity (Wildman–Crippen MR) is 50.7 cm³/mol. The molecule has 8 heteroatoms. The van der Waals surface area contributed by atoms with Gasteiger partial charge in [-0.25, -0.2) is 4.79 Å². The lowest BCUT2D eigenvalue weighted by Gasteiger charge is -2.01. The van der Waals surface area contributed by atoms with Gasteiger partial charge in [0.15, 0.2) is 4.77 Å². The van der Waals surface area contributed by atoms with Gasteiger partial charge in [0.1, 0.15) is 0 Å². The number of nitrogens with zero attached hydrogens (tertiary/aromatic N) is 1. The Hall–Kier alpha value is -1.70. The second-order valence-electron chi connectivity index (χ2n) is 2.20. The van der Waals surface area contributed by atoms with Crippen molar-refractivity contribution in [1.29, 1.82) is 0 Å². The highest BCUT2D eigenvalue weighted by atomic mass is 32.1. The molecule has 0 aliphatic carbocycles. The standard InChI is InChI=1S/C6H8N4O3S/c1-2-13-6(12)7-3-4(11)8-5(14)10-9-3/h2H2,1H3,(H,7,9,12)(H2,8,10,11,14). The van der Waals surface area contributed by atoms with E-state index in [0.717, 1.165) is 0 Å². The molecule has 0 fully saturated rings. The summed E-state index contributed by atoms with van der Waals surface area (Å²) in [5.74, 6) is -0.183. The number of hydrogen-bond acceptors (Lipinski definition) is 5. The van der Waals surface area contributed by atoms with E-state index in [1.54, 1.807) is 6.92 Å². The number of hydrogen-bond donors (Lipinski definition) is 3. The summed E-state index contributed by atoms with van der Waals surface area (Å²) >= 11 is 4.61. The molecule has 0 aliphatic rings. The predicted octanol–water partition coefficient (Wildman–Crippen LogP) is 0.396. The molecule has 3 N–H and O–H groups in total. The van der Waals surface area contributed by atoms with Crippen molar-refractivity contribution < 1.29 is 9.53 Å². The maximum Gasteiger partial charge on any atom is 0.412 e. The van der Waals surface area contributed by atoms with Crippen LogP contribution in [0.3, 0.4) is 0 Å². The molecular weight excluding hydrogens is 208 g/mol. The number of carbonyl (C=O) groups is 1. The van der Waals surface area contributed by atoms with E-state index in [2.05, 4.69) is 37.5 Å². The van der Waals surface area contributed by atoms with Crippen molar-refractivity contribution in [2.45, 2.75) is 6.92 Å². The molecule has 1 aromatic heterocycles. The average molecular weight is 216 g/mol. The summed E-state index contributed by atoms with van der Waals surface area (Å²) in [6.07, 6.45) is -0.740. The molecule has 0 aliphatic heterocycles. The molecular formula is C6H8N4O3S. The molecule has 76 valence electrons. The summed E-state index contributed by atoms with van der Waals surface area (Å²) in [7, 11) is 0. The van der Waals surface area contributed by atoms with Crippen molar-refractivity contribution in [3.8, 4) is 0 Å². The van der Waals surface area contributed by atoms with E-state index in [1.807, 2.05) is 0 Å². The number of ether oxygens (including phenoxy) is 1. The Bertz CT molecular complexity index is 437. The topological polar surface area (TPSA) is 99.9 Å². The molecule has 0 saturated heterocycles. The number of aromatic nitrogens is 3. The highest BCUT2D eigenvalue weighted by molar-refractivity contribution is 7.71. The Morgan fingerprint density at radius 2 is 2.43 bits per heavy atom. The molecule has 0 aromatic carbocycles. The molecule has 0 bridgehead atoms. The van der Waals surface area contributed by atoms with Crippen LogP contribution in [0, 0.1) is 4.77 Å². The van der Waals surface area contributed by atoms with Crippen LogP contribution >= 0.6 is 12.2 Å². The van der Waals surface area contributed by atoms with E-state index in [-0.39, 0.29) is 17.2 Å². The normalized spacial score (nSPS) is 9.50. The van der Waals surface area contributed by atoms with Gasteiger partial charge in [-0.3, -0.25) is 20.2 Å². The number of carbonyl (C=O) groups excluding carboxylic acids is 1. The highest BCUT2D eigenvalue weighted by Gasteiger charge is 2.06. The number of nitrogens with one attached hydrogen (secondary N) is 3. The maximum atomic E-state index is 11.1. The van der Waals surface area contributed by atoms with Crippen LogP contribution in [0.4, 0.5) is 10.6 Å². The SMILES string of the molecule is CCOC(=O)Nc1n[nH]c(=S)[nH]c1=O. The number of H-pyrrole nitrogens is 2. The molecule has 0 unspecified atom stereocenters. The van der Waals surface area contributed by atoms with Crippen molar-refractivity contribution in [2.24, 2.45) is 0 Å². The van der Waals surface area contributed by atoms with Crippen molar-refractivity contribution in [3.63, 3.8) is 0 Å². The number of anilines is 1. The molecule has 7 nitrogen and oxygen atoms in total. The fourth-order valence-electron chi connectivity index (χ4n) is 0.696. The minimum absolute atomic E-state index is 0.0874. The van der Waals surface area contributed by atoms with Crippen LogP contribution in [-0.2, 0) is 4.74 Å². The zero-order chi connectivity index (χ0) is 10.6. The Labute approximate surface area is 83.5 Å². The van der Waals surface area contributed by atoms with Crippen LogP contribution in [0.5, 0.6) is 0 Å². The van der Waals surface area contributed by atoms with Gasteiger partial charge in [-0.1, -0.05) is 0 Å². The molecule has 0 radical (unpaired) electrons. The van der Waals surface area contributed by atoms with E-state index in [0.29, 0.717) is 0 Å². The lowest BCUT2D eigenvalue weighted by Crippen LogP contribution is -2.22. The summed E-state index contributed by atoms with van der Waals surface area (Å²) in [5, 5.41) is 7.99. The van der Waals surface area contributed by atoms with E-state index in [9.17, 15) is 9.59 Å². The van der Waals surface area contributed by atoms with Crippen LogP contribution in [0.2, 0.25) is 0 Å². The summed E-state index contributed by atoms with van der Waals surface area (Å²) in [6.45, 7) is 1.86. The summed E-state index contributed by atoms with van der Waals surface area (Å²) in [6, 6.07) is 0. The van der Waals surface area contributed by atoms with Crippen LogP contribution in [0.15, 0.2) is 4.79 Å². The number of amides is 1. The van der Waals surface area contributed by atoms with E-state index in [4.69, 9.17) is 0 Å². The van der Waals surface area contributed by atoms with Gasteiger partial charge < -0.3 is 4.74 Å². The first-order valence-corrected chi connectivity index (χ1v) is 4.17. The van der Waals surface area contributed by atoms with E-state index in [1.165, 1.54) is 0 Å². The third kappa shape index (κ3) is 2.66. The minimum Gasteiger partial charge on any atom is -0.450 e. The third-order valence-corrected chi connectivity index (χ3v) is 1.40. The van der Waals surface area contributed by atoms with E-state index < -0.39 is 11.7 Å². The van der Waals surface area contributed by atoms with Gasteiger partial charge in [0.05, 0.1) is 6.61 Å². The zero-order valence-electron chi connectivity index (χ0n) is 7.29. The van der Waals surface area contributed by atoms with Crippen molar-refractivity contribution >= 4 is 24.1 Å². The molecule has 0 atom stereocenters. The summed E-state index contributed by atoms with van der Waals surface area (Å²) in [4.78, 5) is 24.2. The third-order valence-electron chi connectivity index (χ3n) is 1.21. The number of aromatic amines is 2. The van der Waals surface area contributed by atoms with Gasteiger partial charge >= 0.3 is 6.09 Å². The Morgan fingerprint density at radius 3 is 3.00 bits per heavy atom. The molecule has 1 heterocycles. The molecule has 14 heavy (non-hydrogen) atoms. The van der Waals surface area contributed by atoms with Crippen LogP contribution < -0.4 is 10.9 Å². The molecule has 1 rings (SSSR count). The van der Waals surface area contributed by atoms with Gasteiger partial charge in [0.25, 0.3) is 5.56 Å². The first-order chi connectivity index (χ1) is 6.63. The zero-order valence-corrected chi connectivity index (χ0v) is 8.10. The quantitative estimate of drug-likeness (QED) is 0.621. The van der Waals surface area contributed by atoms with Crippen LogP contribution in [0.25, 0.3) is 0 Å². The highest BCUT2D eigenvalue weighted by Crippen LogP contribution is 1.90. The van der Waals surface area contributed by atoms with Gasteiger partial charge in [-0.2, -0.15) is 0 Å². The average Bonchev–Trinajstić information content (AvgIpc) is 2.10. The van der Waals surface area contributed by atoms with Gasteiger partial charge in [-0.05, 0) is 19.1 Å².